The Bertz CT molecular complexity index is 358. The van der Waals surface area contributed by atoms with Gasteiger partial charge >= 0.3 is 0 Å². The molecule has 0 radical (unpaired) electrons. The van der Waals surface area contributed by atoms with Crippen molar-refractivity contribution in [1.82, 2.24) is 10.2 Å². The molecule has 0 spiro atoms. The third kappa shape index (κ3) is 4.15. The van der Waals surface area contributed by atoms with E-state index < -0.39 is 0 Å². The molecule has 1 saturated heterocycles. The summed E-state index contributed by atoms with van der Waals surface area (Å²) in [7, 11) is 0. The van der Waals surface area contributed by atoms with Crippen LogP contribution in [0.5, 0.6) is 0 Å². The van der Waals surface area contributed by atoms with E-state index in [2.05, 4.69) is 29.6 Å². The summed E-state index contributed by atoms with van der Waals surface area (Å²) in [5.74, 6) is 0.324. The highest BCUT2D eigenvalue weighted by molar-refractivity contribution is 5.76. The van der Waals surface area contributed by atoms with Gasteiger partial charge in [-0.3, -0.25) is 4.79 Å². The summed E-state index contributed by atoms with van der Waals surface area (Å²) >= 11 is 0. The Balaban J connectivity index is 1.61. The van der Waals surface area contributed by atoms with E-state index in [-0.39, 0.29) is 0 Å². The fourth-order valence-electron chi connectivity index (χ4n) is 2.32. The average Bonchev–Trinajstić information content (AvgIpc) is 2.45. The maximum Gasteiger partial charge on any atom is 0.222 e. The highest BCUT2D eigenvalue weighted by Crippen LogP contribution is 2.08. The molecular weight excluding hydrogens is 224 g/mol. The van der Waals surface area contributed by atoms with E-state index in [4.69, 9.17) is 0 Å². The second kappa shape index (κ2) is 7.17. The van der Waals surface area contributed by atoms with Crippen molar-refractivity contribution in [2.75, 3.05) is 26.2 Å². The van der Waals surface area contributed by atoms with Crippen LogP contribution in [0, 0.1) is 0 Å². The third-order valence-corrected chi connectivity index (χ3v) is 3.42. The molecule has 1 aromatic rings. The number of aryl methyl sites for hydroxylation is 1. The Morgan fingerprint density at radius 3 is 2.56 bits per heavy atom. The number of piperazine rings is 1. The summed E-state index contributed by atoms with van der Waals surface area (Å²) in [4.78, 5) is 13.9. The van der Waals surface area contributed by atoms with E-state index in [1.165, 1.54) is 5.56 Å². The van der Waals surface area contributed by atoms with Gasteiger partial charge in [-0.25, -0.2) is 0 Å². The molecule has 0 bridgehead atoms. The van der Waals surface area contributed by atoms with E-state index in [1.54, 1.807) is 0 Å². The minimum atomic E-state index is 0.324. The Morgan fingerprint density at radius 2 is 1.83 bits per heavy atom. The minimum absolute atomic E-state index is 0.324. The Labute approximate surface area is 109 Å². The van der Waals surface area contributed by atoms with Gasteiger partial charge in [-0.15, -0.1) is 0 Å². The molecule has 0 aromatic heterocycles. The number of amides is 1. The number of carbonyl (C=O) groups excluding carboxylic acids is 1. The van der Waals surface area contributed by atoms with Crippen LogP contribution in [-0.4, -0.2) is 37.0 Å². The summed E-state index contributed by atoms with van der Waals surface area (Å²) in [5, 5.41) is 3.26. The van der Waals surface area contributed by atoms with Crippen LogP contribution < -0.4 is 5.32 Å². The summed E-state index contributed by atoms with van der Waals surface area (Å²) in [5.41, 5.74) is 1.37. The zero-order valence-electron chi connectivity index (χ0n) is 10.9. The molecule has 1 aromatic carbocycles. The molecule has 0 aliphatic carbocycles. The van der Waals surface area contributed by atoms with Crippen molar-refractivity contribution in [2.24, 2.45) is 0 Å². The SMILES string of the molecule is O=C(CCCCc1ccccc1)N1CCNCC1. The van der Waals surface area contributed by atoms with Gasteiger partial charge in [0.2, 0.25) is 5.91 Å². The number of nitrogens with one attached hydrogen (secondary N) is 1. The predicted molar refractivity (Wildman–Crippen MR) is 73.4 cm³/mol. The fraction of sp³-hybridized carbons (Fsp3) is 0.533. The summed E-state index contributed by atoms with van der Waals surface area (Å²) in [6, 6.07) is 10.5. The molecule has 1 fully saturated rings. The number of nitrogens with zero attached hydrogens (tertiary/aromatic N) is 1. The Kier molecular flexibility index (Phi) is 5.21. The highest BCUT2D eigenvalue weighted by atomic mass is 16.2. The van der Waals surface area contributed by atoms with E-state index in [1.807, 2.05) is 11.0 Å². The van der Waals surface area contributed by atoms with Gasteiger partial charge in [-0.2, -0.15) is 0 Å². The van der Waals surface area contributed by atoms with Crippen LogP contribution in [0.1, 0.15) is 24.8 Å². The molecule has 3 nitrogen and oxygen atoms in total. The standard InChI is InChI=1S/C15H22N2O/c18-15(17-12-10-16-11-13-17)9-5-4-8-14-6-2-1-3-7-14/h1-3,6-7,16H,4-5,8-13H2. The maximum atomic E-state index is 11.9. The van der Waals surface area contributed by atoms with Crippen LogP contribution in [0.15, 0.2) is 30.3 Å². The molecule has 1 amide bonds. The zero-order valence-corrected chi connectivity index (χ0v) is 10.9. The van der Waals surface area contributed by atoms with Crippen LogP contribution in [0.3, 0.4) is 0 Å². The first-order chi connectivity index (χ1) is 8.86. The molecule has 1 N–H and O–H groups in total. The number of hydrogen-bond acceptors (Lipinski definition) is 2. The fourth-order valence-corrected chi connectivity index (χ4v) is 2.32. The summed E-state index contributed by atoms with van der Waals surface area (Å²) < 4.78 is 0. The zero-order chi connectivity index (χ0) is 12.6. The smallest absolute Gasteiger partial charge is 0.222 e. The number of hydrogen-bond donors (Lipinski definition) is 1. The molecule has 3 heteroatoms. The number of unbranched alkanes of at least 4 members (excludes halogenated alkanes) is 1. The van der Waals surface area contributed by atoms with Gasteiger partial charge in [0.15, 0.2) is 0 Å². The molecule has 0 atom stereocenters. The van der Waals surface area contributed by atoms with Crippen LogP contribution in [-0.2, 0) is 11.2 Å². The minimum Gasteiger partial charge on any atom is -0.340 e. The second-order valence-electron chi connectivity index (χ2n) is 4.82. The molecule has 1 aliphatic heterocycles. The Morgan fingerprint density at radius 1 is 1.11 bits per heavy atom. The van der Waals surface area contributed by atoms with E-state index >= 15 is 0 Å². The lowest BCUT2D eigenvalue weighted by Gasteiger charge is -2.27. The quantitative estimate of drug-likeness (QED) is 0.804. The van der Waals surface area contributed by atoms with Crippen molar-refractivity contribution in [3.8, 4) is 0 Å². The Hall–Kier alpha value is -1.35. The third-order valence-electron chi connectivity index (χ3n) is 3.42. The second-order valence-corrected chi connectivity index (χ2v) is 4.82. The van der Waals surface area contributed by atoms with Gasteiger partial charge < -0.3 is 10.2 Å². The topological polar surface area (TPSA) is 32.3 Å². The van der Waals surface area contributed by atoms with E-state index in [9.17, 15) is 4.79 Å². The molecule has 2 rings (SSSR count). The maximum absolute atomic E-state index is 11.9. The van der Waals surface area contributed by atoms with Gasteiger partial charge in [0, 0.05) is 32.6 Å². The van der Waals surface area contributed by atoms with Crippen molar-refractivity contribution in [1.29, 1.82) is 0 Å². The number of carbonyl (C=O) groups is 1. The van der Waals surface area contributed by atoms with Crippen molar-refractivity contribution in [3.05, 3.63) is 35.9 Å². The van der Waals surface area contributed by atoms with Gasteiger partial charge in [0.25, 0.3) is 0 Å². The summed E-state index contributed by atoms with van der Waals surface area (Å²) in [6.07, 6.45) is 3.88. The lowest BCUT2D eigenvalue weighted by molar-refractivity contribution is -0.131. The van der Waals surface area contributed by atoms with E-state index in [0.717, 1.165) is 45.4 Å². The molecule has 1 heterocycles. The molecule has 1 aliphatic rings. The molecule has 0 unspecified atom stereocenters. The van der Waals surface area contributed by atoms with Gasteiger partial charge in [-0.05, 0) is 24.8 Å². The molecule has 98 valence electrons. The lowest BCUT2D eigenvalue weighted by atomic mass is 10.1. The molecule has 18 heavy (non-hydrogen) atoms. The first kappa shape index (κ1) is 13.1. The highest BCUT2D eigenvalue weighted by Gasteiger charge is 2.14. The van der Waals surface area contributed by atoms with Gasteiger partial charge in [0.05, 0.1) is 0 Å². The largest absolute Gasteiger partial charge is 0.340 e. The molecule has 0 saturated carbocycles. The molecular formula is C15H22N2O. The van der Waals surface area contributed by atoms with Crippen LogP contribution >= 0.6 is 0 Å². The van der Waals surface area contributed by atoms with Crippen molar-refractivity contribution < 1.29 is 4.79 Å². The van der Waals surface area contributed by atoms with Crippen molar-refractivity contribution in [2.45, 2.75) is 25.7 Å². The normalized spacial score (nSPS) is 15.7. The lowest BCUT2D eigenvalue weighted by Crippen LogP contribution is -2.46. The average molecular weight is 246 g/mol. The van der Waals surface area contributed by atoms with Crippen LogP contribution in [0.4, 0.5) is 0 Å². The predicted octanol–water partition coefficient (Wildman–Crippen LogP) is 1.83. The summed E-state index contributed by atoms with van der Waals surface area (Å²) in [6.45, 7) is 3.63. The van der Waals surface area contributed by atoms with Crippen molar-refractivity contribution >= 4 is 5.91 Å². The van der Waals surface area contributed by atoms with Gasteiger partial charge in [-0.1, -0.05) is 30.3 Å². The van der Waals surface area contributed by atoms with Crippen LogP contribution in [0.2, 0.25) is 0 Å². The number of benzene rings is 1. The monoisotopic (exact) mass is 246 g/mol. The first-order valence-corrected chi connectivity index (χ1v) is 6.89. The van der Waals surface area contributed by atoms with Gasteiger partial charge in [0.1, 0.15) is 0 Å². The number of rotatable bonds is 5. The van der Waals surface area contributed by atoms with Crippen molar-refractivity contribution in [3.63, 3.8) is 0 Å². The van der Waals surface area contributed by atoms with E-state index in [0.29, 0.717) is 12.3 Å². The first-order valence-electron chi connectivity index (χ1n) is 6.89. The van der Waals surface area contributed by atoms with Crippen LogP contribution in [0.25, 0.3) is 0 Å².